The second kappa shape index (κ2) is 5.00. The summed E-state index contributed by atoms with van der Waals surface area (Å²) in [5, 5.41) is 0. The van der Waals surface area contributed by atoms with E-state index >= 15 is 0 Å². The lowest BCUT2D eigenvalue weighted by Crippen LogP contribution is -2.06. The van der Waals surface area contributed by atoms with Gasteiger partial charge in [-0.25, -0.2) is 4.39 Å². The van der Waals surface area contributed by atoms with Gasteiger partial charge in [-0.1, -0.05) is 24.3 Å². The molecule has 0 saturated heterocycles. The number of hydrogen-bond acceptors (Lipinski definition) is 2. The predicted octanol–water partition coefficient (Wildman–Crippen LogP) is 3.37. The van der Waals surface area contributed by atoms with Crippen LogP contribution in [0.3, 0.4) is 0 Å². The van der Waals surface area contributed by atoms with Crippen molar-refractivity contribution in [1.29, 1.82) is 0 Å². The minimum atomic E-state index is -0.567. The Kier molecular flexibility index (Phi) is 3.42. The lowest BCUT2D eigenvalue weighted by Gasteiger charge is -2.07. The topological polar surface area (TPSA) is 26.3 Å². The molecule has 92 valence electrons. The molecule has 0 amide bonds. The fraction of sp³-hybridized carbons (Fsp3) is 0.133. The molecule has 0 saturated carbocycles. The lowest BCUT2D eigenvalue weighted by atomic mass is 9.99. The minimum Gasteiger partial charge on any atom is -0.497 e. The van der Waals surface area contributed by atoms with Crippen molar-refractivity contribution in [2.24, 2.45) is 0 Å². The molecule has 2 aromatic rings. The van der Waals surface area contributed by atoms with Crippen molar-refractivity contribution >= 4 is 5.78 Å². The quantitative estimate of drug-likeness (QED) is 0.774. The molecule has 0 unspecified atom stereocenters. The van der Waals surface area contributed by atoms with Gasteiger partial charge in [-0.15, -0.1) is 0 Å². The fourth-order valence-corrected chi connectivity index (χ4v) is 1.78. The van der Waals surface area contributed by atoms with Crippen molar-refractivity contribution in [3.05, 3.63) is 65.0 Å². The van der Waals surface area contributed by atoms with Crippen LogP contribution in [0.15, 0.2) is 42.5 Å². The Morgan fingerprint density at radius 1 is 1.11 bits per heavy atom. The van der Waals surface area contributed by atoms with E-state index < -0.39 is 5.82 Å². The summed E-state index contributed by atoms with van der Waals surface area (Å²) in [4.78, 5) is 12.2. The Labute approximate surface area is 105 Å². The van der Waals surface area contributed by atoms with Crippen molar-refractivity contribution in [2.75, 3.05) is 7.11 Å². The van der Waals surface area contributed by atoms with Crippen LogP contribution in [0, 0.1) is 12.7 Å². The maximum Gasteiger partial charge on any atom is 0.196 e. The van der Waals surface area contributed by atoms with E-state index in [0.29, 0.717) is 11.3 Å². The number of carbonyl (C=O) groups is 1. The zero-order chi connectivity index (χ0) is 13.1. The van der Waals surface area contributed by atoms with E-state index in [1.807, 2.05) is 19.1 Å². The van der Waals surface area contributed by atoms with E-state index in [-0.39, 0.29) is 11.3 Å². The molecule has 0 aliphatic heterocycles. The summed E-state index contributed by atoms with van der Waals surface area (Å²) in [6.07, 6.45) is 0. The first-order chi connectivity index (χ1) is 8.63. The molecule has 3 heteroatoms. The van der Waals surface area contributed by atoms with E-state index in [1.165, 1.54) is 19.2 Å². The Hall–Kier alpha value is -2.16. The number of ether oxygens (including phenoxy) is 1. The van der Waals surface area contributed by atoms with Crippen LogP contribution in [0.2, 0.25) is 0 Å². The number of halogens is 1. The molecule has 2 rings (SSSR count). The van der Waals surface area contributed by atoms with Crippen molar-refractivity contribution in [3.8, 4) is 5.75 Å². The van der Waals surface area contributed by atoms with Gasteiger partial charge < -0.3 is 4.74 Å². The smallest absolute Gasteiger partial charge is 0.196 e. The number of hydrogen-bond donors (Lipinski definition) is 0. The summed E-state index contributed by atoms with van der Waals surface area (Å²) in [6.45, 7) is 1.83. The van der Waals surface area contributed by atoms with Gasteiger partial charge in [-0.05, 0) is 24.6 Å². The number of rotatable bonds is 3. The fourth-order valence-electron chi connectivity index (χ4n) is 1.78. The van der Waals surface area contributed by atoms with Crippen LogP contribution in [-0.2, 0) is 0 Å². The molecule has 0 spiro atoms. The highest BCUT2D eigenvalue weighted by Crippen LogP contribution is 2.20. The summed E-state index contributed by atoms with van der Waals surface area (Å²) < 4.78 is 18.7. The van der Waals surface area contributed by atoms with Gasteiger partial charge in [0.15, 0.2) is 5.78 Å². The summed E-state index contributed by atoms with van der Waals surface area (Å²) in [6, 6.07) is 11.4. The zero-order valence-electron chi connectivity index (χ0n) is 10.2. The second-order valence-electron chi connectivity index (χ2n) is 3.99. The first-order valence-corrected chi connectivity index (χ1v) is 5.57. The van der Waals surface area contributed by atoms with Crippen LogP contribution in [-0.4, -0.2) is 12.9 Å². The van der Waals surface area contributed by atoms with Crippen LogP contribution in [0.1, 0.15) is 21.5 Å². The molecular formula is C15H13FO2. The second-order valence-corrected chi connectivity index (χ2v) is 3.99. The van der Waals surface area contributed by atoms with Crippen LogP contribution in [0.4, 0.5) is 4.39 Å². The van der Waals surface area contributed by atoms with Crippen molar-refractivity contribution in [2.45, 2.75) is 6.92 Å². The monoisotopic (exact) mass is 244 g/mol. The molecule has 18 heavy (non-hydrogen) atoms. The highest BCUT2D eigenvalue weighted by Gasteiger charge is 2.15. The number of ketones is 1. The third kappa shape index (κ3) is 2.25. The molecule has 0 atom stereocenters. The number of benzene rings is 2. The van der Waals surface area contributed by atoms with Gasteiger partial charge in [0, 0.05) is 11.6 Å². The third-order valence-electron chi connectivity index (χ3n) is 2.81. The van der Waals surface area contributed by atoms with Gasteiger partial charge in [0.1, 0.15) is 11.6 Å². The van der Waals surface area contributed by atoms with Crippen LogP contribution < -0.4 is 4.74 Å². The molecule has 0 heterocycles. The maximum absolute atomic E-state index is 13.8. The molecule has 0 radical (unpaired) electrons. The Balaban J connectivity index is 2.44. The highest BCUT2D eigenvalue weighted by atomic mass is 19.1. The molecule has 2 aromatic carbocycles. The lowest BCUT2D eigenvalue weighted by molar-refractivity contribution is 0.103. The van der Waals surface area contributed by atoms with E-state index in [4.69, 9.17) is 4.74 Å². The molecule has 0 aromatic heterocycles. The standard InChI is InChI=1S/C15H13FO2/c1-10-5-3-4-6-12(10)15(17)13-8-7-11(18-2)9-14(13)16/h3-9H,1-2H3. The first kappa shape index (κ1) is 12.3. The van der Waals surface area contributed by atoms with E-state index in [0.717, 1.165) is 5.56 Å². The van der Waals surface area contributed by atoms with Crippen LogP contribution in [0.5, 0.6) is 5.75 Å². The molecule has 0 bridgehead atoms. The molecule has 0 N–H and O–H groups in total. The van der Waals surface area contributed by atoms with Gasteiger partial charge in [-0.3, -0.25) is 4.79 Å². The number of aryl methyl sites for hydroxylation is 1. The van der Waals surface area contributed by atoms with Gasteiger partial charge in [0.05, 0.1) is 12.7 Å². The Morgan fingerprint density at radius 3 is 2.44 bits per heavy atom. The normalized spacial score (nSPS) is 10.2. The molecule has 0 fully saturated rings. The van der Waals surface area contributed by atoms with Crippen LogP contribution >= 0.6 is 0 Å². The molecular weight excluding hydrogens is 231 g/mol. The SMILES string of the molecule is COc1ccc(C(=O)c2ccccc2C)c(F)c1. The first-order valence-electron chi connectivity index (χ1n) is 5.57. The van der Waals surface area contributed by atoms with Crippen LogP contribution in [0.25, 0.3) is 0 Å². The zero-order valence-corrected chi connectivity index (χ0v) is 10.2. The summed E-state index contributed by atoms with van der Waals surface area (Å²) >= 11 is 0. The number of carbonyl (C=O) groups excluding carboxylic acids is 1. The average Bonchev–Trinajstić information content (AvgIpc) is 2.38. The van der Waals surface area contributed by atoms with Crippen molar-refractivity contribution in [1.82, 2.24) is 0 Å². The number of methoxy groups -OCH3 is 1. The van der Waals surface area contributed by atoms with E-state index in [1.54, 1.807) is 18.2 Å². The van der Waals surface area contributed by atoms with Crippen molar-refractivity contribution in [3.63, 3.8) is 0 Å². The van der Waals surface area contributed by atoms with E-state index in [2.05, 4.69) is 0 Å². The summed E-state index contributed by atoms with van der Waals surface area (Å²) in [5.41, 5.74) is 1.41. The van der Waals surface area contributed by atoms with Gasteiger partial charge >= 0.3 is 0 Å². The Bertz CT molecular complexity index is 591. The summed E-state index contributed by atoms with van der Waals surface area (Å²) in [5.74, 6) is -0.482. The van der Waals surface area contributed by atoms with E-state index in [9.17, 15) is 9.18 Å². The van der Waals surface area contributed by atoms with Gasteiger partial charge in [0.2, 0.25) is 0 Å². The van der Waals surface area contributed by atoms with Gasteiger partial charge in [-0.2, -0.15) is 0 Å². The Morgan fingerprint density at radius 2 is 1.83 bits per heavy atom. The minimum absolute atomic E-state index is 0.0603. The van der Waals surface area contributed by atoms with Gasteiger partial charge in [0.25, 0.3) is 0 Å². The molecule has 0 aliphatic rings. The summed E-state index contributed by atoms with van der Waals surface area (Å²) in [7, 11) is 1.46. The van der Waals surface area contributed by atoms with Crippen molar-refractivity contribution < 1.29 is 13.9 Å². The molecule has 2 nitrogen and oxygen atoms in total. The molecule has 0 aliphatic carbocycles. The highest BCUT2D eigenvalue weighted by molar-refractivity contribution is 6.10. The third-order valence-corrected chi connectivity index (χ3v) is 2.81. The predicted molar refractivity (Wildman–Crippen MR) is 67.6 cm³/mol. The average molecular weight is 244 g/mol. The largest absolute Gasteiger partial charge is 0.497 e. The maximum atomic E-state index is 13.8.